The number of carbonyl (C=O) groups is 1. The molecule has 2 aromatic carbocycles. The van der Waals surface area contributed by atoms with Crippen molar-refractivity contribution in [2.75, 3.05) is 0 Å². The predicted molar refractivity (Wildman–Crippen MR) is 136 cm³/mol. The minimum Gasteiger partial charge on any atom is -0.488 e. The predicted octanol–water partition coefficient (Wildman–Crippen LogP) is 7.80. The zero-order chi connectivity index (χ0) is 24.8. The first kappa shape index (κ1) is 26.2. The molecule has 0 bridgehead atoms. The molecule has 4 heteroatoms. The molecule has 0 aliphatic heterocycles. The van der Waals surface area contributed by atoms with Crippen molar-refractivity contribution in [3.63, 3.8) is 0 Å². The van der Waals surface area contributed by atoms with E-state index < -0.39 is 5.60 Å². The molecule has 0 saturated heterocycles. The highest BCUT2D eigenvalue weighted by atomic mass is 16.5. The second kappa shape index (κ2) is 10.7. The van der Waals surface area contributed by atoms with Gasteiger partial charge in [-0.05, 0) is 103 Å². The van der Waals surface area contributed by atoms with Crippen LogP contribution in [0.2, 0.25) is 0 Å². The molecule has 0 atom stereocenters. The largest absolute Gasteiger partial charge is 0.488 e. The molecule has 0 saturated carbocycles. The number of carbonyl (C=O) groups excluding carboxylic acids is 1. The zero-order valence-corrected chi connectivity index (χ0v) is 21.4. The van der Waals surface area contributed by atoms with Crippen molar-refractivity contribution >= 4 is 11.9 Å². The number of hydrogen-bond acceptors (Lipinski definition) is 4. The highest BCUT2D eigenvalue weighted by Gasteiger charge is 2.20. The summed E-state index contributed by atoms with van der Waals surface area (Å²) < 4.78 is 18.0. The lowest BCUT2D eigenvalue weighted by Crippen LogP contribution is -2.25. The van der Waals surface area contributed by atoms with E-state index in [9.17, 15) is 4.79 Å². The van der Waals surface area contributed by atoms with Gasteiger partial charge >= 0.3 is 0 Å². The van der Waals surface area contributed by atoms with Gasteiger partial charge in [-0.25, -0.2) is 0 Å². The molecule has 0 aromatic heterocycles. The maximum Gasteiger partial charge on any atom is 0.185 e. The van der Waals surface area contributed by atoms with E-state index in [0.717, 1.165) is 29.7 Å². The molecule has 2 rings (SSSR count). The van der Waals surface area contributed by atoms with Gasteiger partial charge in [0.05, 0.1) is 5.76 Å². The van der Waals surface area contributed by atoms with Crippen LogP contribution in [-0.4, -0.2) is 17.0 Å². The van der Waals surface area contributed by atoms with Crippen LogP contribution in [0, 0.1) is 0 Å². The van der Waals surface area contributed by atoms with Gasteiger partial charge in [0, 0.05) is 17.2 Å². The van der Waals surface area contributed by atoms with Crippen molar-refractivity contribution in [3.8, 4) is 17.2 Å². The molecule has 0 spiro atoms. The van der Waals surface area contributed by atoms with E-state index in [0.29, 0.717) is 22.8 Å². The number of ether oxygens (including phenoxy) is 3. The van der Waals surface area contributed by atoms with Gasteiger partial charge < -0.3 is 14.2 Å². The summed E-state index contributed by atoms with van der Waals surface area (Å²) in [5.74, 6) is 2.67. The first-order chi connectivity index (χ1) is 15.3. The molecule has 0 radical (unpaired) electrons. The molecule has 0 heterocycles. The lowest BCUT2D eigenvalue weighted by atomic mass is 10.0. The van der Waals surface area contributed by atoms with Crippen molar-refractivity contribution in [3.05, 3.63) is 71.5 Å². The molecular weight excluding hydrogens is 412 g/mol. The Bertz CT molecular complexity index is 1000. The van der Waals surface area contributed by atoms with E-state index in [1.807, 2.05) is 53.7 Å². The number of aryl methyl sites for hydroxylation is 1. The molecule has 4 nitrogen and oxygen atoms in total. The molecule has 2 aromatic rings. The van der Waals surface area contributed by atoms with E-state index in [2.05, 4.69) is 19.6 Å². The van der Waals surface area contributed by atoms with Crippen LogP contribution < -0.4 is 14.2 Å². The fraction of sp³-hybridized carbons (Fsp3) is 0.414. The lowest BCUT2D eigenvalue weighted by molar-refractivity contribution is 0.104. The summed E-state index contributed by atoms with van der Waals surface area (Å²) in [4.78, 5) is 12.8. The Balaban J connectivity index is 2.41. The fourth-order valence-electron chi connectivity index (χ4n) is 3.21. The van der Waals surface area contributed by atoms with Crippen molar-refractivity contribution < 1.29 is 19.0 Å². The molecule has 0 aliphatic rings. The molecule has 0 amide bonds. The summed E-state index contributed by atoms with van der Waals surface area (Å²) in [5.41, 5.74) is 1.82. The topological polar surface area (TPSA) is 44.8 Å². The average molecular weight is 451 g/mol. The Kier molecular flexibility index (Phi) is 8.54. The van der Waals surface area contributed by atoms with Gasteiger partial charge in [0.25, 0.3) is 0 Å². The van der Waals surface area contributed by atoms with E-state index >= 15 is 0 Å². The molecule has 0 aliphatic carbocycles. The summed E-state index contributed by atoms with van der Waals surface area (Å²) in [6, 6.07) is 11.1. The smallest absolute Gasteiger partial charge is 0.185 e. The Morgan fingerprint density at radius 1 is 0.939 bits per heavy atom. The van der Waals surface area contributed by atoms with E-state index in [4.69, 9.17) is 14.2 Å². The van der Waals surface area contributed by atoms with Gasteiger partial charge in [0.15, 0.2) is 5.78 Å². The van der Waals surface area contributed by atoms with Crippen LogP contribution in [0.15, 0.2) is 54.8 Å². The number of ketones is 1. The first-order valence-electron chi connectivity index (χ1n) is 11.5. The summed E-state index contributed by atoms with van der Waals surface area (Å²) in [7, 11) is 0. The van der Waals surface area contributed by atoms with Gasteiger partial charge in [-0.3, -0.25) is 4.79 Å². The Hall–Kier alpha value is -3.01. The second-order valence-electron chi connectivity index (χ2n) is 10.2. The van der Waals surface area contributed by atoms with Gasteiger partial charge in [-0.2, -0.15) is 0 Å². The fourth-order valence-corrected chi connectivity index (χ4v) is 3.21. The number of benzene rings is 2. The van der Waals surface area contributed by atoms with Gasteiger partial charge in [0.1, 0.15) is 28.5 Å². The molecule has 0 N–H and O–H groups in total. The number of hydrogen-bond donors (Lipinski definition) is 0. The van der Waals surface area contributed by atoms with Crippen LogP contribution >= 0.6 is 0 Å². The normalized spacial score (nSPS) is 12.0. The molecule has 0 fully saturated rings. The Morgan fingerprint density at radius 3 is 2.03 bits per heavy atom. The van der Waals surface area contributed by atoms with Crippen LogP contribution in [0.5, 0.6) is 17.2 Å². The number of allylic oxidation sites excluding steroid dienone is 2. The van der Waals surface area contributed by atoms with Crippen LogP contribution in [0.4, 0.5) is 0 Å². The zero-order valence-electron chi connectivity index (χ0n) is 21.4. The maximum atomic E-state index is 12.8. The first-order valence-corrected chi connectivity index (χ1v) is 11.5. The average Bonchev–Trinajstić information content (AvgIpc) is 2.66. The summed E-state index contributed by atoms with van der Waals surface area (Å²) >= 11 is 0. The summed E-state index contributed by atoms with van der Waals surface area (Å²) in [6.45, 7) is 19.8. The molecular formula is C29H38O4. The third kappa shape index (κ3) is 8.80. The maximum absolute atomic E-state index is 12.8. The van der Waals surface area contributed by atoms with Crippen molar-refractivity contribution in [1.29, 1.82) is 0 Å². The van der Waals surface area contributed by atoms with Crippen LogP contribution in [-0.2, 0) is 6.42 Å². The minimum atomic E-state index is -0.392. The highest BCUT2D eigenvalue weighted by molar-refractivity contribution is 6.07. The van der Waals surface area contributed by atoms with Crippen LogP contribution in [0.3, 0.4) is 0 Å². The molecule has 178 valence electrons. The van der Waals surface area contributed by atoms with Crippen LogP contribution in [0.25, 0.3) is 6.08 Å². The Labute approximate surface area is 199 Å². The van der Waals surface area contributed by atoms with E-state index in [1.54, 1.807) is 37.3 Å². The monoisotopic (exact) mass is 450 g/mol. The van der Waals surface area contributed by atoms with Gasteiger partial charge in [-0.1, -0.05) is 19.9 Å². The van der Waals surface area contributed by atoms with E-state index in [-0.39, 0.29) is 11.4 Å². The van der Waals surface area contributed by atoms with E-state index in [1.165, 1.54) is 0 Å². The standard InChI is InChI=1S/C29H38O4/c1-10-11-22-18-23(27(33-29(7,8)9)19-26(22)32-28(4,5)6)14-17-25(30)21-12-15-24(16-13-21)31-20(2)3/h12-19H,2,10-11H2,1,3-9H3. The number of rotatable bonds is 9. The van der Waals surface area contributed by atoms with Gasteiger partial charge in [0.2, 0.25) is 0 Å². The summed E-state index contributed by atoms with van der Waals surface area (Å²) in [5, 5.41) is 0. The SMILES string of the molecule is C=C(C)Oc1ccc(C(=O)C=Cc2cc(CCC)c(OC(C)(C)C)cc2OC(C)(C)C)cc1. The summed E-state index contributed by atoms with van der Waals surface area (Å²) in [6.07, 6.45) is 5.27. The second-order valence-corrected chi connectivity index (χ2v) is 10.2. The third-order valence-electron chi connectivity index (χ3n) is 4.39. The molecule has 33 heavy (non-hydrogen) atoms. The van der Waals surface area contributed by atoms with Crippen molar-refractivity contribution in [2.24, 2.45) is 0 Å². The van der Waals surface area contributed by atoms with Crippen molar-refractivity contribution in [2.45, 2.75) is 79.4 Å². The molecule has 0 unspecified atom stereocenters. The highest BCUT2D eigenvalue weighted by Crippen LogP contribution is 2.35. The Morgan fingerprint density at radius 2 is 1.52 bits per heavy atom. The van der Waals surface area contributed by atoms with Crippen LogP contribution in [0.1, 0.15) is 83.3 Å². The van der Waals surface area contributed by atoms with Gasteiger partial charge in [-0.15, -0.1) is 0 Å². The third-order valence-corrected chi connectivity index (χ3v) is 4.39. The quantitative estimate of drug-likeness (QED) is 0.222. The lowest BCUT2D eigenvalue weighted by Gasteiger charge is -2.27. The minimum absolute atomic E-state index is 0.0920. The van der Waals surface area contributed by atoms with Crippen molar-refractivity contribution in [1.82, 2.24) is 0 Å².